The van der Waals surface area contributed by atoms with Crippen molar-refractivity contribution in [1.29, 1.82) is 0 Å². The molecule has 0 fully saturated rings. The molecule has 0 aliphatic rings. The molecular weight excluding hydrogens is 240 g/mol. The van der Waals surface area contributed by atoms with Crippen LogP contribution in [0.2, 0.25) is 0 Å². The number of nitrogens with two attached hydrogens (primary N) is 1. The summed E-state index contributed by atoms with van der Waals surface area (Å²) in [5.41, 5.74) is 6.07. The Bertz CT molecular complexity index is 534. The number of aromatic nitrogens is 2. The first-order valence-corrected chi connectivity index (χ1v) is 5.53. The molecule has 6 heteroatoms. The molecule has 1 atom stereocenters. The Morgan fingerprint density at radius 1 is 1.17 bits per heavy atom. The van der Waals surface area contributed by atoms with Gasteiger partial charge in [0.1, 0.15) is 11.6 Å². The lowest BCUT2D eigenvalue weighted by atomic mass is 10.1. The van der Waals surface area contributed by atoms with E-state index in [0.717, 1.165) is 18.2 Å². The second-order valence-corrected chi connectivity index (χ2v) is 4.38. The summed E-state index contributed by atoms with van der Waals surface area (Å²) in [4.78, 5) is 4.05. The van der Waals surface area contributed by atoms with E-state index < -0.39 is 17.7 Å². The average molecular weight is 253 g/mol. The highest BCUT2D eigenvalue weighted by Crippen LogP contribution is 2.22. The second-order valence-electron chi connectivity index (χ2n) is 4.38. The Balaban J connectivity index is 2.35. The third-order valence-corrected chi connectivity index (χ3v) is 2.57. The van der Waals surface area contributed by atoms with Gasteiger partial charge in [-0.2, -0.15) is 4.98 Å². The van der Waals surface area contributed by atoms with Crippen LogP contribution in [0, 0.1) is 17.6 Å². The molecular formula is C12H13F2N3O. The second kappa shape index (κ2) is 4.81. The maximum Gasteiger partial charge on any atom is 0.244 e. The fourth-order valence-electron chi connectivity index (χ4n) is 1.46. The molecule has 18 heavy (non-hydrogen) atoms. The summed E-state index contributed by atoms with van der Waals surface area (Å²) in [6.45, 7) is 3.83. The lowest BCUT2D eigenvalue weighted by molar-refractivity contribution is 0.325. The van der Waals surface area contributed by atoms with E-state index in [9.17, 15) is 8.78 Å². The first-order chi connectivity index (χ1) is 8.47. The zero-order valence-corrected chi connectivity index (χ0v) is 10.0. The third-order valence-electron chi connectivity index (χ3n) is 2.57. The van der Waals surface area contributed by atoms with Crippen LogP contribution in [0.1, 0.15) is 25.8 Å². The van der Waals surface area contributed by atoms with Gasteiger partial charge in [-0.15, -0.1) is 0 Å². The maximum absolute atomic E-state index is 13.1. The average Bonchev–Trinajstić information content (AvgIpc) is 2.75. The molecule has 0 saturated heterocycles. The molecule has 0 saturated carbocycles. The number of nitrogens with zero attached hydrogens (tertiary/aromatic N) is 2. The summed E-state index contributed by atoms with van der Waals surface area (Å²) in [6.07, 6.45) is 0. The van der Waals surface area contributed by atoms with Crippen LogP contribution in [0.25, 0.3) is 11.4 Å². The molecule has 2 N–H and O–H groups in total. The number of halogens is 2. The summed E-state index contributed by atoms with van der Waals surface area (Å²) < 4.78 is 31.1. The molecule has 0 amide bonds. The van der Waals surface area contributed by atoms with Crippen LogP contribution in [0.4, 0.5) is 8.78 Å². The minimum absolute atomic E-state index is 0.125. The number of benzene rings is 1. The first kappa shape index (κ1) is 12.6. The van der Waals surface area contributed by atoms with Gasteiger partial charge in [0.05, 0.1) is 6.04 Å². The van der Waals surface area contributed by atoms with Crippen molar-refractivity contribution >= 4 is 0 Å². The summed E-state index contributed by atoms with van der Waals surface area (Å²) in [6, 6.07) is 2.66. The zero-order valence-electron chi connectivity index (χ0n) is 10.0. The van der Waals surface area contributed by atoms with Crippen molar-refractivity contribution in [3.8, 4) is 11.4 Å². The van der Waals surface area contributed by atoms with Crippen LogP contribution < -0.4 is 5.73 Å². The SMILES string of the molecule is CC(C)C(N)c1nc(-c2cc(F)cc(F)c2)no1. The Hall–Kier alpha value is -1.82. The van der Waals surface area contributed by atoms with E-state index in [1.165, 1.54) is 0 Å². The molecule has 1 aromatic carbocycles. The molecule has 1 aromatic heterocycles. The largest absolute Gasteiger partial charge is 0.337 e. The van der Waals surface area contributed by atoms with E-state index in [4.69, 9.17) is 10.3 Å². The van der Waals surface area contributed by atoms with Crippen LogP contribution in [0.5, 0.6) is 0 Å². The van der Waals surface area contributed by atoms with Gasteiger partial charge in [-0.3, -0.25) is 0 Å². The molecule has 2 aromatic rings. The lowest BCUT2D eigenvalue weighted by Gasteiger charge is -2.09. The van der Waals surface area contributed by atoms with Gasteiger partial charge in [-0.05, 0) is 18.1 Å². The summed E-state index contributed by atoms with van der Waals surface area (Å²) in [5.74, 6) is -0.874. The Morgan fingerprint density at radius 2 is 1.78 bits per heavy atom. The molecule has 4 nitrogen and oxygen atoms in total. The standard InChI is InChI=1S/C12H13F2N3O/c1-6(2)10(15)12-16-11(17-18-12)7-3-8(13)5-9(14)4-7/h3-6,10H,15H2,1-2H3. The zero-order chi connectivity index (χ0) is 13.3. The van der Waals surface area contributed by atoms with Crippen molar-refractivity contribution in [2.45, 2.75) is 19.9 Å². The van der Waals surface area contributed by atoms with E-state index in [1.807, 2.05) is 13.8 Å². The van der Waals surface area contributed by atoms with Gasteiger partial charge in [0.15, 0.2) is 0 Å². The minimum atomic E-state index is -0.690. The predicted molar refractivity (Wildman–Crippen MR) is 61.4 cm³/mol. The van der Waals surface area contributed by atoms with E-state index in [2.05, 4.69) is 10.1 Å². The highest BCUT2D eigenvalue weighted by molar-refractivity contribution is 5.54. The fourth-order valence-corrected chi connectivity index (χ4v) is 1.46. The van der Waals surface area contributed by atoms with Crippen molar-refractivity contribution in [2.75, 3.05) is 0 Å². The monoisotopic (exact) mass is 253 g/mol. The molecule has 0 radical (unpaired) electrons. The van der Waals surface area contributed by atoms with Crippen molar-refractivity contribution in [3.63, 3.8) is 0 Å². The summed E-state index contributed by atoms with van der Waals surface area (Å²) in [7, 11) is 0. The Labute approximate surface area is 103 Å². The van der Waals surface area contributed by atoms with E-state index in [0.29, 0.717) is 0 Å². The van der Waals surface area contributed by atoms with Crippen LogP contribution in [0.3, 0.4) is 0 Å². The van der Waals surface area contributed by atoms with Crippen LogP contribution in [0.15, 0.2) is 22.7 Å². The van der Waals surface area contributed by atoms with E-state index >= 15 is 0 Å². The molecule has 1 heterocycles. The smallest absolute Gasteiger partial charge is 0.244 e. The topological polar surface area (TPSA) is 64.9 Å². The van der Waals surface area contributed by atoms with Gasteiger partial charge in [0.25, 0.3) is 0 Å². The molecule has 0 bridgehead atoms. The van der Waals surface area contributed by atoms with Gasteiger partial charge in [0, 0.05) is 11.6 Å². The van der Waals surface area contributed by atoms with Crippen LogP contribution >= 0.6 is 0 Å². The highest BCUT2D eigenvalue weighted by atomic mass is 19.1. The molecule has 0 spiro atoms. The quantitative estimate of drug-likeness (QED) is 0.913. The van der Waals surface area contributed by atoms with Crippen LogP contribution in [-0.4, -0.2) is 10.1 Å². The van der Waals surface area contributed by atoms with Gasteiger partial charge < -0.3 is 10.3 Å². The summed E-state index contributed by atoms with van der Waals surface area (Å²) >= 11 is 0. The first-order valence-electron chi connectivity index (χ1n) is 5.53. The van der Waals surface area contributed by atoms with Gasteiger partial charge in [0.2, 0.25) is 11.7 Å². The normalized spacial score (nSPS) is 13.0. The lowest BCUT2D eigenvalue weighted by Crippen LogP contribution is -2.16. The molecule has 96 valence electrons. The van der Waals surface area contributed by atoms with Crippen molar-refractivity contribution in [3.05, 3.63) is 35.7 Å². The van der Waals surface area contributed by atoms with Crippen LogP contribution in [-0.2, 0) is 0 Å². The number of rotatable bonds is 3. The molecule has 2 rings (SSSR count). The minimum Gasteiger partial charge on any atom is -0.337 e. The van der Waals surface area contributed by atoms with Crippen molar-refractivity contribution in [2.24, 2.45) is 11.7 Å². The maximum atomic E-state index is 13.1. The fraction of sp³-hybridized carbons (Fsp3) is 0.333. The molecule has 0 aliphatic carbocycles. The number of hydrogen-bond acceptors (Lipinski definition) is 4. The Morgan fingerprint density at radius 3 is 2.33 bits per heavy atom. The van der Waals surface area contributed by atoms with Gasteiger partial charge in [-0.25, -0.2) is 8.78 Å². The highest BCUT2D eigenvalue weighted by Gasteiger charge is 2.19. The van der Waals surface area contributed by atoms with Gasteiger partial charge in [-0.1, -0.05) is 19.0 Å². The predicted octanol–water partition coefficient (Wildman–Crippen LogP) is 2.67. The number of hydrogen-bond donors (Lipinski definition) is 1. The van der Waals surface area contributed by atoms with Crippen molar-refractivity contribution < 1.29 is 13.3 Å². The third kappa shape index (κ3) is 2.53. The summed E-state index contributed by atoms with van der Waals surface area (Å²) in [5, 5.41) is 3.67. The van der Waals surface area contributed by atoms with E-state index in [1.54, 1.807) is 0 Å². The molecule has 0 aliphatic heterocycles. The van der Waals surface area contributed by atoms with E-state index in [-0.39, 0.29) is 23.2 Å². The Kier molecular flexibility index (Phi) is 3.38. The van der Waals surface area contributed by atoms with Gasteiger partial charge >= 0.3 is 0 Å². The van der Waals surface area contributed by atoms with Crippen molar-refractivity contribution in [1.82, 2.24) is 10.1 Å². The molecule has 1 unspecified atom stereocenters.